The minimum absolute atomic E-state index is 0.0666. The van der Waals surface area contributed by atoms with E-state index in [-0.39, 0.29) is 16.1 Å². The minimum Gasteiger partial charge on any atom is -0.123 e. The first kappa shape index (κ1) is 17.1. The van der Waals surface area contributed by atoms with Gasteiger partial charge in [-0.2, -0.15) is 0 Å². The van der Waals surface area contributed by atoms with Gasteiger partial charge in [-0.25, -0.2) is 0 Å². The van der Waals surface area contributed by atoms with Gasteiger partial charge in [-0.05, 0) is 33.1 Å². The smallest absolute Gasteiger partial charge is 0.0384 e. The molecule has 0 N–H and O–H groups in total. The van der Waals surface area contributed by atoms with E-state index in [1.165, 1.54) is 0 Å². The molecule has 0 amide bonds. The third-order valence-corrected chi connectivity index (χ3v) is 3.04. The molecule has 0 fully saturated rings. The summed E-state index contributed by atoms with van der Waals surface area (Å²) in [7, 11) is 0. The third-order valence-electron chi connectivity index (χ3n) is 2.15. The highest BCUT2D eigenvalue weighted by Gasteiger charge is 2.13. The summed E-state index contributed by atoms with van der Waals surface area (Å²) in [5, 5.41) is 0.261. The highest BCUT2D eigenvalue weighted by molar-refractivity contribution is 6.24. The lowest BCUT2D eigenvalue weighted by molar-refractivity contribution is 0.655. The van der Waals surface area contributed by atoms with E-state index in [1.807, 2.05) is 44.2 Å². The summed E-state index contributed by atoms with van der Waals surface area (Å²) in [5.74, 6) is 0. The van der Waals surface area contributed by atoms with Gasteiger partial charge in [0.2, 0.25) is 0 Å². The molecule has 0 aromatic carbocycles. The van der Waals surface area contributed by atoms with Crippen molar-refractivity contribution in [3.63, 3.8) is 0 Å². The highest BCUT2D eigenvalue weighted by atomic mass is 35.5. The van der Waals surface area contributed by atoms with Gasteiger partial charge in [0.15, 0.2) is 0 Å². The summed E-state index contributed by atoms with van der Waals surface area (Å²) in [6.45, 7) is 3.94. The van der Waals surface area contributed by atoms with E-state index in [1.54, 1.807) is 0 Å². The predicted molar refractivity (Wildman–Crippen MR) is 81.5 cm³/mol. The summed E-state index contributed by atoms with van der Waals surface area (Å²) >= 11 is 18.2. The Morgan fingerprint density at radius 2 is 1.53 bits per heavy atom. The molecule has 3 heteroatoms. The van der Waals surface area contributed by atoms with Crippen LogP contribution in [0.2, 0.25) is 0 Å². The molecule has 98 valence electrons. The van der Waals surface area contributed by atoms with E-state index in [0.29, 0.717) is 0 Å². The van der Waals surface area contributed by atoms with E-state index < -0.39 is 0 Å². The molecule has 3 unspecified atom stereocenters. The van der Waals surface area contributed by atoms with Crippen molar-refractivity contribution in [1.82, 2.24) is 0 Å². The summed E-state index contributed by atoms with van der Waals surface area (Å²) in [6, 6.07) is 0. The Morgan fingerprint density at radius 3 is 2.12 bits per heavy atom. The molecule has 0 aromatic rings. The quantitative estimate of drug-likeness (QED) is 0.399. The molecule has 0 nitrogen and oxygen atoms in total. The highest BCUT2D eigenvalue weighted by Crippen LogP contribution is 2.20. The maximum Gasteiger partial charge on any atom is 0.0384 e. The van der Waals surface area contributed by atoms with Crippen molar-refractivity contribution in [2.24, 2.45) is 0 Å². The Balaban J connectivity index is 3.75. The standard InChI is InChI=1S/C14H21Cl3/c1-3-4-5-6-7-8-9-13(16)11-14(17)10-12(2)15/h3-8,12-14H,9-11H2,1-2H3/b4-3+,6-5+,8-7+. The van der Waals surface area contributed by atoms with Crippen molar-refractivity contribution in [3.8, 4) is 0 Å². The zero-order chi connectivity index (χ0) is 13.1. The van der Waals surface area contributed by atoms with Crippen LogP contribution >= 0.6 is 34.8 Å². The first-order valence-corrected chi connectivity index (χ1v) is 7.23. The van der Waals surface area contributed by atoms with Crippen LogP contribution in [-0.4, -0.2) is 16.1 Å². The molecule has 0 spiro atoms. The van der Waals surface area contributed by atoms with Crippen LogP contribution in [0, 0.1) is 0 Å². The Labute approximate surface area is 120 Å². The lowest BCUT2D eigenvalue weighted by Gasteiger charge is -2.13. The third kappa shape index (κ3) is 12.3. The summed E-state index contributed by atoms with van der Waals surface area (Å²) in [6.07, 6.45) is 14.4. The van der Waals surface area contributed by atoms with Gasteiger partial charge in [-0.3, -0.25) is 0 Å². The topological polar surface area (TPSA) is 0 Å². The van der Waals surface area contributed by atoms with Gasteiger partial charge in [-0.1, -0.05) is 36.5 Å². The lowest BCUT2D eigenvalue weighted by Crippen LogP contribution is -2.11. The monoisotopic (exact) mass is 294 g/mol. The van der Waals surface area contributed by atoms with Gasteiger partial charge in [0.1, 0.15) is 0 Å². The second-order valence-corrected chi connectivity index (χ2v) is 6.00. The average molecular weight is 296 g/mol. The molecule has 0 aliphatic rings. The van der Waals surface area contributed by atoms with Gasteiger partial charge >= 0.3 is 0 Å². The molecule has 0 heterocycles. The maximum absolute atomic E-state index is 6.18. The van der Waals surface area contributed by atoms with E-state index in [4.69, 9.17) is 34.8 Å². The van der Waals surface area contributed by atoms with Gasteiger partial charge in [0, 0.05) is 16.1 Å². The average Bonchev–Trinajstić information content (AvgIpc) is 2.21. The molecule has 0 saturated heterocycles. The number of hydrogen-bond acceptors (Lipinski definition) is 0. The number of alkyl halides is 3. The van der Waals surface area contributed by atoms with E-state index in [9.17, 15) is 0 Å². The van der Waals surface area contributed by atoms with Gasteiger partial charge in [0.25, 0.3) is 0 Å². The number of hydrogen-bond donors (Lipinski definition) is 0. The second kappa shape index (κ2) is 11.2. The minimum atomic E-state index is 0.0666. The molecule has 0 bridgehead atoms. The molecule has 0 aliphatic carbocycles. The first-order chi connectivity index (χ1) is 8.06. The second-order valence-electron chi connectivity index (χ2n) is 4.02. The Hall–Kier alpha value is 0.0900. The fraction of sp³-hybridized carbons (Fsp3) is 0.571. The van der Waals surface area contributed by atoms with E-state index in [2.05, 4.69) is 6.08 Å². The Bertz CT molecular complexity index is 254. The maximum atomic E-state index is 6.18. The van der Waals surface area contributed by atoms with Crippen LogP contribution in [0.5, 0.6) is 0 Å². The Morgan fingerprint density at radius 1 is 0.882 bits per heavy atom. The van der Waals surface area contributed by atoms with Crippen molar-refractivity contribution in [1.29, 1.82) is 0 Å². The molecular weight excluding hydrogens is 275 g/mol. The van der Waals surface area contributed by atoms with Gasteiger partial charge in [0.05, 0.1) is 0 Å². The van der Waals surface area contributed by atoms with Crippen LogP contribution in [0.4, 0.5) is 0 Å². The molecule has 3 atom stereocenters. The van der Waals surface area contributed by atoms with Crippen molar-refractivity contribution < 1.29 is 0 Å². The van der Waals surface area contributed by atoms with Crippen molar-refractivity contribution in [2.75, 3.05) is 0 Å². The van der Waals surface area contributed by atoms with Gasteiger partial charge < -0.3 is 0 Å². The fourth-order valence-electron chi connectivity index (χ4n) is 1.37. The SMILES string of the molecule is C/C=C/C=C/C=C/CC(Cl)CC(Cl)CC(C)Cl. The molecule has 0 saturated carbocycles. The van der Waals surface area contributed by atoms with Crippen LogP contribution < -0.4 is 0 Å². The Kier molecular flexibility index (Phi) is 11.3. The first-order valence-electron chi connectivity index (χ1n) is 5.93. The molecule has 17 heavy (non-hydrogen) atoms. The number of halogens is 3. The largest absolute Gasteiger partial charge is 0.123 e. The number of rotatable bonds is 8. The normalized spacial score (nSPS) is 18.2. The summed E-state index contributed by atoms with van der Waals surface area (Å²) < 4.78 is 0. The van der Waals surface area contributed by atoms with Gasteiger partial charge in [-0.15, -0.1) is 34.8 Å². The van der Waals surface area contributed by atoms with Crippen LogP contribution in [-0.2, 0) is 0 Å². The van der Waals surface area contributed by atoms with Crippen LogP contribution in [0.1, 0.15) is 33.1 Å². The van der Waals surface area contributed by atoms with Crippen LogP contribution in [0.15, 0.2) is 36.5 Å². The van der Waals surface area contributed by atoms with Crippen molar-refractivity contribution >= 4 is 34.8 Å². The summed E-state index contributed by atoms with van der Waals surface area (Å²) in [5.41, 5.74) is 0. The molecular formula is C14H21Cl3. The summed E-state index contributed by atoms with van der Waals surface area (Å²) in [4.78, 5) is 0. The molecule has 0 aromatic heterocycles. The van der Waals surface area contributed by atoms with Crippen LogP contribution in [0.3, 0.4) is 0 Å². The van der Waals surface area contributed by atoms with Crippen LogP contribution in [0.25, 0.3) is 0 Å². The zero-order valence-corrected chi connectivity index (χ0v) is 12.7. The molecule has 0 rings (SSSR count). The van der Waals surface area contributed by atoms with E-state index >= 15 is 0 Å². The predicted octanol–water partition coefficient (Wildman–Crippen LogP) is 5.69. The molecule has 0 aliphatic heterocycles. The lowest BCUT2D eigenvalue weighted by atomic mass is 10.1. The number of allylic oxidation sites excluding steroid dienone is 6. The van der Waals surface area contributed by atoms with Crippen molar-refractivity contribution in [3.05, 3.63) is 36.5 Å². The van der Waals surface area contributed by atoms with E-state index in [0.717, 1.165) is 19.3 Å². The molecule has 0 radical (unpaired) electrons. The zero-order valence-electron chi connectivity index (χ0n) is 10.5. The fourth-order valence-corrected chi connectivity index (χ4v) is 2.56. The van der Waals surface area contributed by atoms with Crippen molar-refractivity contribution in [2.45, 2.75) is 49.2 Å².